The summed E-state index contributed by atoms with van der Waals surface area (Å²) in [5.41, 5.74) is -0.0789. The molecule has 0 saturated carbocycles. The van der Waals surface area contributed by atoms with Crippen molar-refractivity contribution in [1.29, 1.82) is 0 Å². The fourth-order valence-electron chi connectivity index (χ4n) is 2.43. The Morgan fingerprint density at radius 1 is 1.23 bits per heavy atom. The molecule has 1 aliphatic heterocycles. The quantitative estimate of drug-likeness (QED) is 0.783. The second kappa shape index (κ2) is 7.76. The molecule has 5 nitrogen and oxygen atoms in total. The average Bonchev–Trinajstić information content (AvgIpc) is 2.72. The normalized spacial score (nSPS) is 18.9. The number of halogens is 2. The number of alkyl halides is 2. The molecule has 0 spiro atoms. The third-order valence-electron chi connectivity index (χ3n) is 4.57. The third-order valence-corrected chi connectivity index (χ3v) is 4.57. The third kappa shape index (κ3) is 4.83. The van der Waals surface area contributed by atoms with E-state index in [0.717, 1.165) is 0 Å². The molecule has 1 aromatic carbocycles. The van der Waals surface area contributed by atoms with E-state index in [1.807, 2.05) is 27.7 Å². The van der Waals surface area contributed by atoms with Gasteiger partial charge in [-0.2, -0.15) is 8.78 Å². The van der Waals surface area contributed by atoms with E-state index in [1.54, 1.807) is 24.3 Å². The fraction of sp³-hybridized carbons (Fsp3) is 0.500. The van der Waals surface area contributed by atoms with Crippen LogP contribution in [-0.4, -0.2) is 37.4 Å². The van der Waals surface area contributed by atoms with Gasteiger partial charge in [0.05, 0.1) is 11.2 Å². The molecule has 1 heterocycles. The van der Waals surface area contributed by atoms with Gasteiger partial charge in [0.25, 0.3) is 0 Å². The molecule has 26 heavy (non-hydrogen) atoms. The maximum Gasteiger partial charge on any atom is 0.492 e. The second-order valence-electron chi connectivity index (χ2n) is 7.13. The lowest BCUT2D eigenvalue weighted by molar-refractivity contribution is -0.118. The molecule has 0 atom stereocenters. The first-order valence-corrected chi connectivity index (χ1v) is 8.36. The molecule has 0 unspecified atom stereocenters. The number of para-hydroxylation sites is 1. The summed E-state index contributed by atoms with van der Waals surface area (Å²) in [6, 6.07) is 6.43. The summed E-state index contributed by atoms with van der Waals surface area (Å²) in [7, 11) is -0.716. The van der Waals surface area contributed by atoms with Crippen LogP contribution in [0.15, 0.2) is 29.7 Å². The first-order chi connectivity index (χ1) is 12.0. The Labute approximate surface area is 152 Å². The standard InChI is InChI=1S/C18H24BF2NO4/c1-12(23)22-11-14(19-25-17(2,3)18(4,5)26-19)10-13-8-6-7-9-15(13)24-16(20)21/h6-10,16H,11H2,1-5H3,(H,22,23). The number of hydrogen-bond donors (Lipinski definition) is 1. The molecule has 1 fully saturated rings. The van der Waals surface area contributed by atoms with E-state index in [1.165, 1.54) is 13.0 Å². The molecular weight excluding hydrogens is 343 g/mol. The van der Waals surface area contributed by atoms with Crippen LogP contribution in [0.5, 0.6) is 5.75 Å². The molecule has 0 bridgehead atoms. The highest BCUT2D eigenvalue weighted by molar-refractivity contribution is 6.56. The van der Waals surface area contributed by atoms with E-state index in [4.69, 9.17) is 9.31 Å². The molecule has 0 aromatic heterocycles. The van der Waals surface area contributed by atoms with Crippen molar-refractivity contribution in [3.05, 3.63) is 35.3 Å². The molecule has 0 aliphatic carbocycles. The van der Waals surface area contributed by atoms with Crippen molar-refractivity contribution in [2.75, 3.05) is 6.54 Å². The Kier molecular flexibility index (Phi) is 6.08. The van der Waals surface area contributed by atoms with Crippen LogP contribution >= 0.6 is 0 Å². The molecule has 8 heteroatoms. The summed E-state index contributed by atoms with van der Waals surface area (Å²) in [6.45, 7) is 6.28. The Hall–Kier alpha value is -1.93. The van der Waals surface area contributed by atoms with Crippen LogP contribution in [0.2, 0.25) is 0 Å². The van der Waals surface area contributed by atoms with Crippen LogP contribution < -0.4 is 10.1 Å². The van der Waals surface area contributed by atoms with E-state index in [2.05, 4.69) is 10.1 Å². The van der Waals surface area contributed by atoms with Gasteiger partial charge in [0, 0.05) is 19.0 Å². The molecule has 1 aromatic rings. The minimum Gasteiger partial charge on any atom is -0.434 e. The number of rotatable bonds is 6. The first-order valence-electron chi connectivity index (χ1n) is 8.36. The number of carbonyl (C=O) groups excluding carboxylic acids is 1. The Bertz CT molecular complexity index is 676. The topological polar surface area (TPSA) is 56.8 Å². The predicted octanol–water partition coefficient (Wildman–Crippen LogP) is 3.44. The van der Waals surface area contributed by atoms with Gasteiger partial charge in [-0.15, -0.1) is 0 Å². The average molecular weight is 367 g/mol. The van der Waals surface area contributed by atoms with Crippen molar-refractivity contribution in [3.63, 3.8) is 0 Å². The summed E-state index contributed by atoms with van der Waals surface area (Å²) < 4.78 is 41.9. The molecule has 142 valence electrons. The van der Waals surface area contributed by atoms with Crippen LogP contribution in [0.3, 0.4) is 0 Å². The second-order valence-corrected chi connectivity index (χ2v) is 7.13. The largest absolute Gasteiger partial charge is 0.492 e. The molecule has 0 radical (unpaired) electrons. The number of nitrogens with one attached hydrogen (secondary N) is 1. The molecule has 1 aliphatic rings. The summed E-state index contributed by atoms with van der Waals surface area (Å²) >= 11 is 0. The number of ether oxygens (including phenoxy) is 1. The van der Waals surface area contributed by atoms with E-state index in [-0.39, 0.29) is 18.2 Å². The summed E-state index contributed by atoms with van der Waals surface area (Å²) in [6.07, 6.45) is 1.65. The minimum atomic E-state index is -2.93. The zero-order chi connectivity index (χ0) is 19.5. The highest BCUT2D eigenvalue weighted by atomic mass is 19.3. The van der Waals surface area contributed by atoms with E-state index in [0.29, 0.717) is 11.0 Å². The van der Waals surface area contributed by atoms with Crippen molar-refractivity contribution >= 4 is 19.1 Å². The van der Waals surface area contributed by atoms with Crippen LogP contribution in [0, 0.1) is 0 Å². The number of amides is 1. The van der Waals surface area contributed by atoms with Crippen molar-refractivity contribution < 1.29 is 27.6 Å². The van der Waals surface area contributed by atoms with Crippen LogP contribution in [0.1, 0.15) is 40.2 Å². The molecular formula is C18H24BF2NO4. The molecule has 1 saturated heterocycles. The first kappa shape index (κ1) is 20.4. The van der Waals surface area contributed by atoms with Crippen molar-refractivity contribution in [2.45, 2.75) is 52.4 Å². The van der Waals surface area contributed by atoms with Gasteiger partial charge in [0.1, 0.15) is 5.75 Å². The van der Waals surface area contributed by atoms with E-state index < -0.39 is 24.9 Å². The fourth-order valence-corrected chi connectivity index (χ4v) is 2.43. The van der Waals surface area contributed by atoms with Gasteiger partial charge in [0.15, 0.2) is 0 Å². The van der Waals surface area contributed by atoms with Gasteiger partial charge in [-0.3, -0.25) is 4.79 Å². The lowest BCUT2D eigenvalue weighted by Crippen LogP contribution is -2.41. The zero-order valence-electron chi connectivity index (χ0n) is 15.6. The van der Waals surface area contributed by atoms with E-state index >= 15 is 0 Å². The Balaban J connectivity index is 2.37. The highest BCUT2D eigenvalue weighted by Crippen LogP contribution is 2.39. The van der Waals surface area contributed by atoms with Gasteiger partial charge >= 0.3 is 13.7 Å². The van der Waals surface area contributed by atoms with Crippen LogP contribution in [0.25, 0.3) is 6.08 Å². The maximum atomic E-state index is 12.6. The molecule has 2 rings (SSSR count). The molecule has 1 N–H and O–H groups in total. The summed E-state index contributed by atoms with van der Waals surface area (Å²) in [5.74, 6) is -0.177. The Morgan fingerprint density at radius 2 is 1.81 bits per heavy atom. The lowest BCUT2D eigenvalue weighted by Gasteiger charge is -2.32. The lowest BCUT2D eigenvalue weighted by atomic mass is 9.77. The van der Waals surface area contributed by atoms with Gasteiger partial charge in [-0.05, 0) is 39.2 Å². The monoisotopic (exact) mass is 367 g/mol. The maximum absolute atomic E-state index is 12.6. The number of carbonyl (C=O) groups is 1. The zero-order valence-corrected chi connectivity index (χ0v) is 15.6. The molecule has 1 amide bonds. The summed E-state index contributed by atoms with van der Waals surface area (Å²) in [5, 5.41) is 2.70. The highest BCUT2D eigenvalue weighted by Gasteiger charge is 2.52. The Morgan fingerprint density at radius 3 is 2.35 bits per heavy atom. The minimum absolute atomic E-state index is 0.0411. The predicted molar refractivity (Wildman–Crippen MR) is 95.8 cm³/mol. The SMILES string of the molecule is CC(=O)NCC(=Cc1ccccc1OC(F)F)B1OC(C)(C)C(C)(C)O1. The van der Waals surface area contributed by atoms with Crippen LogP contribution in [-0.2, 0) is 14.1 Å². The number of benzene rings is 1. The van der Waals surface area contributed by atoms with Crippen molar-refractivity contribution in [1.82, 2.24) is 5.32 Å². The van der Waals surface area contributed by atoms with Crippen molar-refractivity contribution in [3.8, 4) is 5.75 Å². The summed E-state index contributed by atoms with van der Waals surface area (Å²) in [4.78, 5) is 11.3. The number of hydrogen-bond acceptors (Lipinski definition) is 4. The van der Waals surface area contributed by atoms with Gasteiger partial charge in [-0.25, -0.2) is 0 Å². The van der Waals surface area contributed by atoms with Gasteiger partial charge in [-0.1, -0.05) is 24.3 Å². The smallest absolute Gasteiger partial charge is 0.434 e. The van der Waals surface area contributed by atoms with Crippen molar-refractivity contribution in [2.24, 2.45) is 0 Å². The van der Waals surface area contributed by atoms with Crippen LogP contribution in [0.4, 0.5) is 8.78 Å². The van der Waals surface area contributed by atoms with Gasteiger partial charge < -0.3 is 19.4 Å². The van der Waals surface area contributed by atoms with Gasteiger partial charge in [0.2, 0.25) is 5.91 Å². The van der Waals surface area contributed by atoms with E-state index in [9.17, 15) is 13.6 Å².